The average molecular weight is 356 g/mol. The first kappa shape index (κ1) is 20.5. The van der Waals surface area contributed by atoms with E-state index in [0.29, 0.717) is 12.2 Å². The minimum atomic E-state index is 0.319. The Hall–Kier alpha value is -0.850. The lowest BCUT2D eigenvalue weighted by atomic mass is 10.1. The third-order valence-corrected chi connectivity index (χ3v) is 5.05. The molecule has 2 aliphatic heterocycles. The first-order chi connectivity index (χ1) is 12.3. The van der Waals surface area contributed by atoms with Crippen LogP contribution in [0.15, 0.2) is 4.99 Å². The molecular formula is C19H37N3O3. The van der Waals surface area contributed by atoms with Gasteiger partial charge < -0.3 is 24.4 Å². The number of hydrogen-bond donors (Lipinski definition) is 1. The zero-order chi connectivity index (χ0) is 17.7. The molecule has 146 valence electrons. The number of hydrogen-bond acceptors (Lipinski definition) is 4. The smallest absolute Gasteiger partial charge is 0.193 e. The van der Waals surface area contributed by atoms with Gasteiger partial charge in [-0.25, -0.2) is 0 Å². The summed E-state index contributed by atoms with van der Waals surface area (Å²) in [4.78, 5) is 6.79. The van der Waals surface area contributed by atoms with Crippen molar-refractivity contribution in [2.24, 2.45) is 4.99 Å². The van der Waals surface area contributed by atoms with Gasteiger partial charge in [-0.1, -0.05) is 0 Å². The number of guanidine groups is 1. The van der Waals surface area contributed by atoms with E-state index < -0.39 is 0 Å². The molecule has 2 aliphatic rings. The quantitative estimate of drug-likeness (QED) is 0.391. The number of piperidine rings is 1. The van der Waals surface area contributed by atoms with Crippen LogP contribution in [0.3, 0.4) is 0 Å². The molecule has 1 atom stereocenters. The van der Waals surface area contributed by atoms with Crippen molar-refractivity contribution in [3.05, 3.63) is 0 Å². The zero-order valence-corrected chi connectivity index (χ0v) is 16.2. The van der Waals surface area contributed by atoms with Gasteiger partial charge in [-0.15, -0.1) is 0 Å². The third-order valence-electron chi connectivity index (χ3n) is 5.05. The van der Waals surface area contributed by atoms with Crippen LogP contribution in [-0.4, -0.2) is 76.7 Å². The molecule has 25 heavy (non-hydrogen) atoms. The molecular weight excluding hydrogens is 318 g/mol. The van der Waals surface area contributed by atoms with Crippen LogP contribution in [0.4, 0.5) is 0 Å². The Labute approximate surface area is 153 Å². The Morgan fingerprint density at radius 1 is 1.16 bits per heavy atom. The maximum Gasteiger partial charge on any atom is 0.193 e. The van der Waals surface area contributed by atoms with Crippen molar-refractivity contribution in [2.45, 2.75) is 63.6 Å². The van der Waals surface area contributed by atoms with Gasteiger partial charge >= 0.3 is 0 Å². The van der Waals surface area contributed by atoms with Gasteiger partial charge in [0.15, 0.2) is 5.96 Å². The van der Waals surface area contributed by atoms with Crippen LogP contribution < -0.4 is 5.32 Å². The molecule has 0 aromatic heterocycles. The van der Waals surface area contributed by atoms with Gasteiger partial charge in [0.2, 0.25) is 0 Å². The molecule has 6 nitrogen and oxygen atoms in total. The topological polar surface area (TPSA) is 55.3 Å². The van der Waals surface area contributed by atoms with Gasteiger partial charge in [0.1, 0.15) is 0 Å². The molecule has 2 heterocycles. The van der Waals surface area contributed by atoms with Gasteiger partial charge in [-0.3, -0.25) is 4.99 Å². The van der Waals surface area contributed by atoms with E-state index >= 15 is 0 Å². The highest BCUT2D eigenvalue weighted by molar-refractivity contribution is 5.79. The summed E-state index contributed by atoms with van der Waals surface area (Å²) in [5.41, 5.74) is 0. The second-order valence-electron chi connectivity index (χ2n) is 7.04. The number of ether oxygens (including phenoxy) is 3. The summed E-state index contributed by atoms with van der Waals surface area (Å²) in [6.45, 7) is 5.53. The minimum Gasteiger partial charge on any atom is -0.385 e. The molecule has 0 aliphatic carbocycles. The minimum absolute atomic E-state index is 0.319. The molecule has 0 saturated carbocycles. The molecule has 0 spiro atoms. The van der Waals surface area contributed by atoms with E-state index in [2.05, 4.69) is 15.2 Å². The fraction of sp³-hybridized carbons (Fsp3) is 0.947. The van der Waals surface area contributed by atoms with Gasteiger partial charge in [0.25, 0.3) is 0 Å². The van der Waals surface area contributed by atoms with Crippen molar-refractivity contribution < 1.29 is 14.2 Å². The van der Waals surface area contributed by atoms with Crippen molar-refractivity contribution in [1.82, 2.24) is 10.2 Å². The molecule has 2 fully saturated rings. The highest BCUT2D eigenvalue weighted by Crippen LogP contribution is 2.17. The Bertz CT molecular complexity index is 365. The molecule has 1 N–H and O–H groups in total. The van der Waals surface area contributed by atoms with Crippen LogP contribution in [0.25, 0.3) is 0 Å². The van der Waals surface area contributed by atoms with Crippen LogP contribution in [0.1, 0.15) is 51.4 Å². The van der Waals surface area contributed by atoms with Gasteiger partial charge in [-0.2, -0.15) is 0 Å². The molecule has 0 amide bonds. The second kappa shape index (κ2) is 12.5. The summed E-state index contributed by atoms with van der Waals surface area (Å²) in [7, 11) is 3.63. The van der Waals surface area contributed by atoms with Crippen molar-refractivity contribution in [1.29, 1.82) is 0 Å². The lowest BCUT2D eigenvalue weighted by Gasteiger charge is -2.35. The maximum atomic E-state index is 6.10. The standard InChI is InChI=1S/C19H37N3O3/c1-20-19(21-11-5-3-6-14-23-2)22-12-9-17(10-13-22)25-16-18-8-4-7-15-24-18/h17-18H,3-16H2,1-2H3,(H,20,21). The van der Waals surface area contributed by atoms with E-state index in [1.807, 2.05) is 7.05 Å². The van der Waals surface area contributed by atoms with Crippen LogP contribution >= 0.6 is 0 Å². The Kier molecular flexibility index (Phi) is 10.2. The third kappa shape index (κ3) is 7.92. The van der Waals surface area contributed by atoms with Crippen LogP contribution in [0.5, 0.6) is 0 Å². The number of rotatable bonds is 9. The van der Waals surface area contributed by atoms with E-state index in [0.717, 1.165) is 77.5 Å². The Morgan fingerprint density at radius 3 is 2.68 bits per heavy atom. The normalized spacial score (nSPS) is 23.0. The van der Waals surface area contributed by atoms with Crippen LogP contribution in [0, 0.1) is 0 Å². The van der Waals surface area contributed by atoms with E-state index in [9.17, 15) is 0 Å². The van der Waals surface area contributed by atoms with Gasteiger partial charge in [0.05, 0.1) is 18.8 Å². The van der Waals surface area contributed by atoms with Crippen LogP contribution in [0.2, 0.25) is 0 Å². The first-order valence-electron chi connectivity index (χ1n) is 10.0. The summed E-state index contributed by atoms with van der Waals surface area (Å²) in [6, 6.07) is 0. The Balaban J connectivity index is 1.57. The molecule has 0 bridgehead atoms. The van der Waals surface area contributed by atoms with Crippen molar-refractivity contribution in [3.63, 3.8) is 0 Å². The molecule has 2 saturated heterocycles. The lowest BCUT2D eigenvalue weighted by molar-refractivity contribution is -0.0721. The summed E-state index contributed by atoms with van der Waals surface area (Å²) >= 11 is 0. The number of aliphatic imine (C=N–C) groups is 1. The molecule has 0 aromatic carbocycles. The summed E-state index contributed by atoms with van der Waals surface area (Å²) in [6.07, 6.45) is 9.94. The van der Waals surface area contributed by atoms with Crippen molar-refractivity contribution in [2.75, 3.05) is 53.6 Å². The number of likely N-dealkylation sites (tertiary alicyclic amines) is 1. The van der Waals surface area contributed by atoms with Crippen molar-refractivity contribution in [3.8, 4) is 0 Å². The molecule has 6 heteroatoms. The lowest BCUT2D eigenvalue weighted by Crippen LogP contribution is -2.47. The monoisotopic (exact) mass is 355 g/mol. The largest absolute Gasteiger partial charge is 0.385 e. The van der Waals surface area contributed by atoms with Gasteiger partial charge in [0, 0.05) is 47.0 Å². The van der Waals surface area contributed by atoms with Crippen LogP contribution in [-0.2, 0) is 14.2 Å². The van der Waals surface area contributed by atoms with E-state index in [-0.39, 0.29) is 0 Å². The predicted molar refractivity (Wildman–Crippen MR) is 101 cm³/mol. The summed E-state index contributed by atoms with van der Waals surface area (Å²) in [5, 5.41) is 3.49. The summed E-state index contributed by atoms with van der Waals surface area (Å²) in [5.74, 6) is 1.03. The average Bonchev–Trinajstić information content (AvgIpc) is 2.67. The van der Waals surface area contributed by atoms with E-state index in [4.69, 9.17) is 14.2 Å². The Morgan fingerprint density at radius 2 is 2.00 bits per heavy atom. The SMILES string of the molecule is CN=C(NCCCCCOC)N1CCC(OCC2CCCCO2)CC1. The van der Waals surface area contributed by atoms with E-state index in [1.54, 1.807) is 7.11 Å². The fourth-order valence-corrected chi connectivity index (χ4v) is 3.50. The number of methoxy groups -OCH3 is 1. The molecule has 0 aromatic rings. The highest BCUT2D eigenvalue weighted by Gasteiger charge is 2.23. The molecule has 0 radical (unpaired) electrons. The predicted octanol–water partition coefficient (Wildman–Crippen LogP) is 2.43. The first-order valence-corrected chi connectivity index (χ1v) is 10.0. The van der Waals surface area contributed by atoms with E-state index in [1.165, 1.54) is 19.3 Å². The maximum absolute atomic E-state index is 6.10. The fourth-order valence-electron chi connectivity index (χ4n) is 3.50. The highest BCUT2D eigenvalue weighted by atomic mass is 16.5. The molecule has 2 rings (SSSR count). The number of nitrogens with one attached hydrogen (secondary N) is 1. The van der Waals surface area contributed by atoms with Gasteiger partial charge in [-0.05, 0) is 51.4 Å². The second-order valence-corrected chi connectivity index (χ2v) is 7.04. The van der Waals surface area contributed by atoms with Crippen molar-refractivity contribution >= 4 is 5.96 Å². The number of nitrogens with zero attached hydrogens (tertiary/aromatic N) is 2. The summed E-state index contributed by atoms with van der Waals surface area (Å²) < 4.78 is 16.9. The number of unbranched alkanes of at least 4 members (excludes halogenated alkanes) is 2. The zero-order valence-electron chi connectivity index (χ0n) is 16.2. The molecule has 1 unspecified atom stereocenters.